The number of nitrogens with one attached hydrogen (secondary N) is 2. The van der Waals surface area contributed by atoms with Crippen LogP contribution < -0.4 is 10.6 Å². The van der Waals surface area contributed by atoms with Crippen LogP contribution in [0.2, 0.25) is 0 Å². The van der Waals surface area contributed by atoms with Crippen LogP contribution in [0.25, 0.3) is 0 Å². The molecule has 1 unspecified atom stereocenters. The highest BCUT2D eigenvalue weighted by Gasteiger charge is 2.23. The van der Waals surface area contributed by atoms with Gasteiger partial charge in [0.2, 0.25) is 5.91 Å². The Morgan fingerprint density at radius 2 is 2.37 bits per heavy atom. The molecule has 4 nitrogen and oxygen atoms in total. The van der Waals surface area contributed by atoms with Gasteiger partial charge in [0.1, 0.15) is 0 Å². The van der Waals surface area contributed by atoms with Gasteiger partial charge in [-0.2, -0.15) is 0 Å². The van der Waals surface area contributed by atoms with Crippen LogP contribution >= 0.6 is 11.3 Å². The van der Waals surface area contributed by atoms with E-state index in [0.29, 0.717) is 13.1 Å². The van der Waals surface area contributed by atoms with E-state index in [0.717, 1.165) is 17.0 Å². The van der Waals surface area contributed by atoms with Gasteiger partial charge >= 0.3 is 0 Å². The van der Waals surface area contributed by atoms with Crippen LogP contribution in [-0.2, 0) is 17.8 Å². The van der Waals surface area contributed by atoms with Gasteiger partial charge in [-0.15, -0.1) is 11.3 Å². The molecule has 0 spiro atoms. The molecule has 1 aromatic heterocycles. The third-order valence-electron chi connectivity index (χ3n) is 3.31. The van der Waals surface area contributed by atoms with Gasteiger partial charge in [0, 0.05) is 23.3 Å². The molecule has 1 aliphatic heterocycles. The molecule has 19 heavy (non-hydrogen) atoms. The molecule has 2 N–H and O–H groups in total. The Bertz CT molecular complexity index is 568. The molecule has 98 valence electrons. The van der Waals surface area contributed by atoms with Crippen molar-refractivity contribution in [1.82, 2.24) is 10.3 Å². The van der Waals surface area contributed by atoms with Crippen LogP contribution in [0.15, 0.2) is 36.0 Å². The smallest absolute Gasteiger partial charge is 0.225 e. The van der Waals surface area contributed by atoms with Crippen molar-refractivity contribution in [3.8, 4) is 0 Å². The summed E-state index contributed by atoms with van der Waals surface area (Å²) in [6, 6.07) is 8.15. The lowest BCUT2D eigenvalue weighted by Crippen LogP contribution is -2.37. The number of rotatable bonds is 3. The van der Waals surface area contributed by atoms with E-state index in [9.17, 15) is 4.79 Å². The molecule has 1 aliphatic rings. The number of hydrogen-bond acceptors (Lipinski definition) is 4. The Kier molecular flexibility index (Phi) is 3.46. The van der Waals surface area contributed by atoms with E-state index in [2.05, 4.69) is 27.8 Å². The molecule has 2 aromatic rings. The van der Waals surface area contributed by atoms with Crippen molar-refractivity contribution in [2.45, 2.75) is 13.0 Å². The van der Waals surface area contributed by atoms with Crippen LogP contribution in [0.4, 0.5) is 5.69 Å². The maximum absolute atomic E-state index is 12.1. The Hall–Kier alpha value is -1.88. The van der Waals surface area contributed by atoms with Crippen molar-refractivity contribution in [3.63, 3.8) is 0 Å². The molecule has 0 aliphatic carbocycles. The number of para-hydroxylation sites is 1. The number of aromatic nitrogens is 1. The molecule has 0 saturated heterocycles. The first kappa shape index (κ1) is 12.2. The van der Waals surface area contributed by atoms with Gasteiger partial charge in [-0.05, 0) is 18.1 Å². The van der Waals surface area contributed by atoms with Gasteiger partial charge in [-0.1, -0.05) is 18.2 Å². The fraction of sp³-hybridized carbons (Fsp3) is 0.286. The van der Waals surface area contributed by atoms with E-state index in [4.69, 9.17) is 0 Å². The van der Waals surface area contributed by atoms with Gasteiger partial charge in [-0.3, -0.25) is 9.78 Å². The number of thiazole rings is 1. The highest BCUT2D eigenvalue weighted by atomic mass is 32.1. The number of nitrogens with zero attached hydrogens (tertiary/aromatic N) is 1. The maximum Gasteiger partial charge on any atom is 0.225 e. The number of fused-ring (bicyclic) bond motifs is 1. The SMILES string of the molecule is O=C(NCc1cncs1)C1CNc2ccccc2C1. The number of amides is 1. The minimum absolute atomic E-state index is 0.00261. The van der Waals surface area contributed by atoms with Gasteiger partial charge < -0.3 is 10.6 Å². The topological polar surface area (TPSA) is 54.0 Å². The summed E-state index contributed by atoms with van der Waals surface area (Å²) in [5.74, 6) is 0.109. The first-order valence-electron chi connectivity index (χ1n) is 6.30. The minimum atomic E-state index is 0.00261. The zero-order valence-corrected chi connectivity index (χ0v) is 11.2. The molecule has 1 atom stereocenters. The number of anilines is 1. The Balaban J connectivity index is 1.60. The fourth-order valence-electron chi connectivity index (χ4n) is 2.27. The molecule has 0 bridgehead atoms. The van der Waals surface area contributed by atoms with Gasteiger partial charge in [0.25, 0.3) is 0 Å². The zero-order chi connectivity index (χ0) is 13.1. The van der Waals surface area contributed by atoms with E-state index in [1.165, 1.54) is 5.56 Å². The predicted molar refractivity (Wildman–Crippen MR) is 76.1 cm³/mol. The van der Waals surface area contributed by atoms with Gasteiger partial charge in [0.15, 0.2) is 0 Å². The molecule has 1 amide bonds. The van der Waals surface area contributed by atoms with E-state index >= 15 is 0 Å². The lowest BCUT2D eigenvalue weighted by molar-refractivity contribution is -0.124. The maximum atomic E-state index is 12.1. The number of carbonyl (C=O) groups is 1. The van der Waals surface area contributed by atoms with E-state index in [1.54, 1.807) is 23.0 Å². The Labute approximate surface area is 115 Å². The molecule has 5 heteroatoms. The Morgan fingerprint density at radius 1 is 1.47 bits per heavy atom. The second-order valence-corrected chi connectivity index (χ2v) is 5.60. The number of benzene rings is 1. The summed E-state index contributed by atoms with van der Waals surface area (Å²) in [6.07, 6.45) is 2.59. The van der Waals surface area contributed by atoms with Crippen molar-refractivity contribution >= 4 is 22.9 Å². The highest BCUT2D eigenvalue weighted by Crippen LogP contribution is 2.24. The number of hydrogen-bond donors (Lipinski definition) is 2. The molecule has 1 aromatic carbocycles. The summed E-state index contributed by atoms with van der Waals surface area (Å²) in [6.45, 7) is 1.27. The molecule has 0 radical (unpaired) electrons. The van der Waals surface area contributed by atoms with Crippen LogP contribution in [0.1, 0.15) is 10.4 Å². The normalized spacial score (nSPS) is 17.4. The van der Waals surface area contributed by atoms with Gasteiger partial charge in [0.05, 0.1) is 18.0 Å². The third-order valence-corrected chi connectivity index (χ3v) is 4.09. The lowest BCUT2D eigenvalue weighted by Gasteiger charge is -2.25. The van der Waals surface area contributed by atoms with E-state index < -0.39 is 0 Å². The standard InChI is InChI=1S/C14H15N3OS/c18-14(17-8-12-7-15-9-19-12)11-5-10-3-1-2-4-13(10)16-6-11/h1-4,7,9,11,16H,5-6,8H2,(H,17,18). The summed E-state index contributed by atoms with van der Waals surface area (Å²) in [5, 5.41) is 6.29. The highest BCUT2D eigenvalue weighted by molar-refractivity contribution is 7.09. The first-order chi connectivity index (χ1) is 9.33. The largest absolute Gasteiger partial charge is 0.384 e. The molecule has 0 saturated carbocycles. The molecule has 3 rings (SSSR count). The summed E-state index contributed by atoms with van der Waals surface area (Å²) in [4.78, 5) is 17.2. The zero-order valence-electron chi connectivity index (χ0n) is 10.4. The van der Waals surface area contributed by atoms with Crippen molar-refractivity contribution in [2.75, 3.05) is 11.9 Å². The average Bonchev–Trinajstić information content (AvgIpc) is 2.97. The molecule has 2 heterocycles. The summed E-state index contributed by atoms with van der Waals surface area (Å²) in [7, 11) is 0. The summed E-state index contributed by atoms with van der Waals surface area (Å²) in [5.41, 5.74) is 4.14. The second-order valence-electron chi connectivity index (χ2n) is 4.62. The monoisotopic (exact) mass is 273 g/mol. The fourth-order valence-corrected chi connectivity index (χ4v) is 2.81. The van der Waals surface area contributed by atoms with Crippen LogP contribution in [0, 0.1) is 5.92 Å². The Morgan fingerprint density at radius 3 is 3.21 bits per heavy atom. The van der Waals surface area contributed by atoms with Crippen molar-refractivity contribution < 1.29 is 4.79 Å². The predicted octanol–water partition coefficient (Wildman–Crippen LogP) is 2.04. The summed E-state index contributed by atoms with van der Waals surface area (Å²) >= 11 is 1.56. The lowest BCUT2D eigenvalue weighted by atomic mass is 9.93. The quantitative estimate of drug-likeness (QED) is 0.900. The van der Waals surface area contributed by atoms with E-state index in [-0.39, 0.29) is 11.8 Å². The van der Waals surface area contributed by atoms with Crippen molar-refractivity contribution in [2.24, 2.45) is 5.92 Å². The summed E-state index contributed by atoms with van der Waals surface area (Å²) < 4.78 is 0. The third kappa shape index (κ3) is 2.76. The molecule has 0 fully saturated rings. The minimum Gasteiger partial charge on any atom is -0.384 e. The molecular weight excluding hydrogens is 258 g/mol. The van der Waals surface area contributed by atoms with Crippen LogP contribution in [0.3, 0.4) is 0 Å². The van der Waals surface area contributed by atoms with Crippen LogP contribution in [0.5, 0.6) is 0 Å². The first-order valence-corrected chi connectivity index (χ1v) is 7.18. The van der Waals surface area contributed by atoms with Gasteiger partial charge in [-0.25, -0.2) is 0 Å². The average molecular weight is 273 g/mol. The molecular formula is C14H15N3OS. The van der Waals surface area contributed by atoms with Crippen molar-refractivity contribution in [3.05, 3.63) is 46.4 Å². The number of carbonyl (C=O) groups excluding carboxylic acids is 1. The van der Waals surface area contributed by atoms with Crippen LogP contribution in [-0.4, -0.2) is 17.4 Å². The second kappa shape index (κ2) is 5.40. The van der Waals surface area contributed by atoms with E-state index in [1.807, 2.05) is 12.1 Å². The van der Waals surface area contributed by atoms with Crippen molar-refractivity contribution in [1.29, 1.82) is 0 Å².